The Kier molecular flexibility index (Phi) is 5.53. The predicted octanol–water partition coefficient (Wildman–Crippen LogP) is 1.20. The van der Waals surface area contributed by atoms with Gasteiger partial charge in [-0.3, -0.25) is 0 Å². The van der Waals surface area contributed by atoms with E-state index in [0.29, 0.717) is 19.5 Å². The maximum Gasteiger partial charge on any atom is 0.317 e. The van der Waals surface area contributed by atoms with E-state index in [1.54, 1.807) is 18.9 Å². The Hall–Kier alpha value is -0.770. The standard InChI is InChI=1S/C10H22N2O2/c1-5-7-10(3,14)8-11-9(13)12(4)6-2/h14H,5-8H2,1-4H3,(H,11,13). The van der Waals surface area contributed by atoms with E-state index < -0.39 is 5.60 Å². The van der Waals surface area contributed by atoms with Crippen LogP contribution in [0.25, 0.3) is 0 Å². The second-order valence-corrected chi connectivity index (χ2v) is 3.92. The van der Waals surface area contributed by atoms with Gasteiger partial charge in [0.05, 0.1) is 5.60 Å². The number of hydrogen-bond acceptors (Lipinski definition) is 2. The van der Waals surface area contributed by atoms with Gasteiger partial charge >= 0.3 is 6.03 Å². The Morgan fingerprint density at radius 1 is 1.50 bits per heavy atom. The van der Waals surface area contributed by atoms with Crippen LogP contribution in [0.2, 0.25) is 0 Å². The highest BCUT2D eigenvalue weighted by Gasteiger charge is 2.20. The molecule has 4 heteroatoms. The van der Waals surface area contributed by atoms with E-state index in [0.717, 1.165) is 6.42 Å². The van der Waals surface area contributed by atoms with Gasteiger partial charge in [-0.05, 0) is 20.3 Å². The second kappa shape index (κ2) is 5.86. The number of nitrogens with one attached hydrogen (secondary N) is 1. The highest BCUT2D eigenvalue weighted by atomic mass is 16.3. The molecule has 1 unspecified atom stereocenters. The van der Waals surface area contributed by atoms with Gasteiger partial charge in [-0.25, -0.2) is 4.79 Å². The first-order valence-electron chi connectivity index (χ1n) is 5.14. The maximum absolute atomic E-state index is 11.3. The summed E-state index contributed by atoms with van der Waals surface area (Å²) in [5.74, 6) is 0. The topological polar surface area (TPSA) is 52.6 Å². The molecule has 84 valence electrons. The van der Waals surface area contributed by atoms with Crippen molar-refractivity contribution in [2.24, 2.45) is 0 Å². The molecule has 0 bridgehead atoms. The largest absolute Gasteiger partial charge is 0.388 e. The molecule has 0 fully saturated rings. The van der Waals surface area contributed by atoms with Crippen molar-refractivity contribution in [3.63, 3.8) is 0 Å². The minimum atomic E-state index is -0.793. The summed E-state index contributed by atoms with van der Waals surface area (Å²) in [6.07, 6.45) is 1.61. The van der Waals surface area contributed by atoms with Crippen LogP contribution in [-0.2, 0) is 0 Å². The average Bonchev–Trinajstić information content (AvgIpc) is 2.13. The summed E-state index contributed by atoms with van der Waals surface area (Å²) in [6.45, 7) is 6.63. The normalized spacial score (nSPS) is 14.6. The lowest BCUT2D eigenvalue weighted by molar-refractivity contribution is 0.0511. The van der Waals surface area contributed by atoms with Crippen molar-refractivity contribution in [1.82, 2.24) is 10.2 Å². The molecule has 0 aliphatic rings. The van der Waals surface area contributed by atoms with E-state index in [9.17, 15) is 9.90 Å². The van der Waals surface area contributed by atoms with Crippen molar-refractivity contribution in [2.75, 3.05) is 20.1 Å². The summed E-state index contributed by atoms with van der Waals surface area (Å²) < 4.78 is 0. The molecule has 1 atom stereocenters. The summed E-state index contributed by atoms with van der Waals surface area (Å²) in [5.41, 5.74) is -0.793. The van der Waals surface area contributed by atoms with E-state index in [1.165, 1.54) is 0 Å². The quantitative estimate of drug-likeness (QED) is 0.704. The molecular formula is C10H22N2O2. The molecule has 0 aliphatic carbocycles. The number of amides is 2. The molecule has 0 saturated heterocycles. The molecule has 0 rings (SSSR count). The van der Waals surface area contributed by atoms with Crippen LogP contribution in [0.15, 0.2) is 0 Å². The molecule has 2 amide bonds. The molecule has 0 aromatic rings. The number of carbonyl (C=O) groups is 1. The molecule has 2 N–H and O–H groups in total. The summed E-state index contributed by atoms with van der Waals surface area (Å²) >= 11 is 0. The Morgan fingerprint density at radius 2 is 2.07 bits per heavy atom. The third kappa shape index (κ3) is 5.07. The lowest BCUT2D eigenvalue weighted by Crippen LogP contribution is -2.45. The Morgan fingerprint density at radius 3 is 2.50 bits per heavy atom. The van der Waals surface area contributed by atoms with Gasteiger partial charge in [-0.15, -0.1) is 0 Å². The van der Waals surface area contributed by atoms with Crippen LogP contribution >= 0.6 is 0 Å². The SMILES string of the molecule is CCCC(C)(O)CNC(=O)N(C)CC. The highest BCUT2D eigenvalue weighted by molar-refractivity contribution is 5.73. The van der Waals surface area contributed by atoms with Crippen molar-refractivity contribution in [2.45, 2.75) is 39.2 Å². The van der Waals surface area contributed by atoms with Crippen LogP contribution in [0, 0.1) is 0 Å². The first-order valence-corrected chi connectivity index (χ1v) is 5.14. The minimum Gasteiger partial charge on any atom is -0.388 e. The van der Waals surface area contributed by atoms with Crippen molar-refractivity contribution < 1.29 is 9.90 Å². The van der Waals surface area contributed by atoms with Gasteiger partial charge in [0.25, 0.3) is 0 Å². The fourth-order valence-electron chi connectivity index (χ4n) is 1.17. The average molecular weight is 202 g/mol. The third-order valence-corrected chi connectivity index (χ3v) is 2.23. The molecule has 0 saturated carbocycles. The molecule has 0 aromatic carbocycles. The first-order chi connectivity index (χ1) is 6.43. The number of nitrogens with zero attached hydrogens (tertiary/aromatic N) is 1. The number of carbonyl (C=O) groups excluding carboxylic acids is 1. The lowest BCUT2D eigenvalue weighted by atomic mass is 10.0. The zero-order chi connectivity index (χ0) is 11.2. The molecule has 0 radical (unpaired) electrons. The van der Waals surface area contributed by atoms with E-state index in [4.69, 9.17) is 0 Å². The molecule has 14 heavy (non-hydrogen) atoms. The molecule has 0 spiro atoms. The number of rotatable bonds is 5. The van der Waals surface area contributed by atoms with Gasteiger partial charge in [0.15, 0.2) is 0 Å². The molecule has 4 nitrogen and oxygen atoms in total. The van der Waals surface area contributed by atoms with Gasteiger partial charge in [0.2, 0.25) is 0 Å². The predicted molar refractivity (Wildman–Crippen MR) is 57.2 cm³/mol. The lowest BCUT2D eigenvalue weighted by Gasteiger charge is -2.24. The van der Waals surface area contributed by atoms with Crippen LogP contribution in [0.3, 0.4) is 0 Å². The zero-order valence-corrected chi connectivity index (χ0v) is 9.63. The van der Waals surface area contributed by atoms with Crippen molar-refractivity contribution in [1.29, 1.82) is 0 Å². The van der Waals surface area contributed by atoms with Gasteiger partial charge in [-0.2, -0.15) is 0 Å². The van der Waals surface area contributed by atoms with Gasteiger partial charge in [0, 0.05) is 20.1 Å². The van der Waals surface area contributed by atoms with E-state index >= 15 is 0 Å². The van der Waals surface area contributed by atoms with E-state index in [-0.39, 0.29) is 6.03 Å². The molecule has 0 aliphatic heterocycles. The smallest absolute Gasteiger partial charge is 0.317 e. The van der Waals surface area contributed by atoms with Crippen molar-refractivity contribution in [3.8, 4) is 0 Å². The van der Waals surface area contributed by atoms with Gasteiger partial charge < -0.3 is 15.3 Å². The third-order valence-electron chi connectivity index (χ3n) is 2.23. The van der Waals surface area contributed by atoms with Gasteiger partial charge in [-0.1, -0.05) is 13.3 Å². The molecule has 0 aromatic heterocycles. The fourth-order valence-corrected chi connectivity index (χ4v) is 1.17. The van der Waals surface area contributed by atoms with Crippen LogP contribution in [0.1, 0.15) is 33.6 Å². The summed E-state index contributed by atoms with van der Waals surface area (Å²) in [4.78, 5) is 12.9. The Labute approximate surface area is 86.3 Å². The highest BCUT2D eigenvalue weighted by Crippen LogP contribution is 2.09. The van der Waals surface area contributed by atoms with Crippen LogP contribution in [-0.4, -0.2) is 41.8 Å². The first kappa shape index (κ1) is 13.2. The monoisotopic (exact) mass is 202 g/mol. The van der Waals surface area contributed by atoms with Crippen LogP contribution in [0.4, 0.5) is 4.79 Å². The van der Waals surface area contributed by atoms with E-state index in [1.807, 2.05) is 13.8 Å². The number of urea groups is 1. The fraction of sp³-hybridized carbons (Fsp3) is 0.900. The second-order valence-electron chi connectivity index (χ2n) is 3.92. The van der Waals surface area contributed by atoms with Gasteiger partial charge in [0.1, 0.15) is 0 Å². The molecule has 0 heterocycles. The number of aliphatic hydroxyl groups is 1. The van der Waals surface area contributed by atoms with Crippen molar-refractivity contribution in [3.05, 3.63) is 0 Å². The van der Waals surface area contributed by atoms with Crippen LogP contribution < -0.4 is 5.32 Å². The Balaban J connectivity index is 3.87. The maximum atomic E-state index is 11.3. The number of hydrogen-bond donors (Lipinski definition) is 2. The Bertz CT molecular complexity index is 181. The summed E-state index contributed by atoms with van der Waals surface area (Å²) in [5, 5.41) is 12.5. The van der Waals surface area contributed by atoms with Crippen molar-refractivity contribution >= 4 is 6.03 Å². The zero-order valence-electron chi connectivity index (χ0n) is 9.63. The summed E-state index contributed by atoms with van der Waals surface area (Å²) in [6, 6.07) is -0.135. The minimum absolute atomic E-state index is 0.135. The molecular weight excluding hydrogens is 180 g/mol. The summed E-state index contributed by atoms with van der Waals surface area (Å²) in [7, 11) is 1.73. The van der Waals surface area contributed by atoms with Crippen LogP contribution in [0.5, 0.6) is 0 Å². The van der Waals surface area contributed by atoms with E-state index in [2.05, 4.69) is 5.32 Å².